The molecule has 0 amide bonds. The summed E-state index contributed by atoms with van der Waals surface area (Å²) < 4.78 is 44.2. The zero-order valence-electron chi connectivity index (χ0n) is 12.2. The van der Waals surface area contributed by atoms with Crippen molar-refractivity contribution in [3.05, 3.63) is 56.2 Å². The first-order valence-electron chi connectivity index (χ1n) is 6.91. The van der Waals surface area contributed by atoms with Crippen LogP contribution in [0.1, 0.15) is 22.1 Å². The molecule has 132 valence electrons. The molecule has 0 radical (unpaired) electrons. The molecule has 0 bridgehead atoms. The molecular weight excluding hydrogens is 381 g/mol. The molecule has 2 heterocycles. The molecule has 0 aliphatic carbocycles. The number of alkyl halides is 3. The Kier molecular flexibility index (Phi) is 4.52. The van der Waals surface area contributed by atoms with E-state index >= 15 is 0 Å². The standard InChI is InChI=1S/C16H10ClF3O4S/c17-10-5-7-4-9(15(22)23)14(16(18,19)20)24-11(7)6-8(10)13(21)12-2-1-3-25-12/h1-6,13-14,21H,(H,22,23). The third-order valence-corrected chi connectivity index (χ3v) is 4.87. The van der Waals surface area contributed by atoms with Gasteiger partial charge in [0.1, 0.15) is 11.9 Å². The lowest BCUT2D eigenvalue weighted by Crippen LogP contribution is -2.40. The number of aliphatic hydroxyl groups excluding tert-OH is 1. The SMILES string of the molecule is O=C(O)C1=Cc2cc(Cl)c(C(O)c3cccs3)cc2OC1C(F)(F)F. The highest BCUT2D eigenvalue weighted by atomic mass is 35.5. The van der Waals surface area contributed by atoms with Crippen LogP contribution in [-0.4, -0.2) is 28.5 Å². The molecule has 0 saturated heterocycles. The maximum absolute atomic E-state index is 13.1. The Morgan fingerprint density at radius 3 is 2.64 bits per heavy atom. The lowest BCUT2D eigenvalue weighted by atomic mass is 9.98. The Morgan fingerprint density at radius 2 is 2.08 bits per heavy atom. The summed E-state index contributed by atoms with van der Waals surface area (Å²) in [4.78, 5) is 11.7. The fourth-order valence-corrected chi connectivity index (χ4v) is 3.46. The van der Waals surface area contributed by atoms with Crippen molar-refractivity contribution in [1.29, 1.82) is 0 Å². The molecule has 25 heavy (non-hydrogen) atoms. The smallest absolute Gasteiger partial charge is 0.430 e. The molecule has 9 heteroatoms. The van der Waals surface area contributed by atoms with Gasteiger partial charge in [-0.05, 0) is 29.7 Å². The topological polar surface area (TPSA) is 66.8 Å². The van der Waals surface area contributed by atoms with Crippen LogP contribution in [0.25, 0.3) is 6.08 Å². The number of benzene rings is 1. The Bertz CT molecular complexity index is 846. The number of hydrogen-bond donors (Lipinski definition) is 2. The van der Waals surface area contributed by atoms with Crippen molar-refractivity contribution >= 4 is 35.0 Å². The second kappa shape index (κ2) is 6.36. The lowest BCUT2D eigenvalue weighted by molar-refractivity contribution is -0.187. The van der Waals surface area contributed by atoms with Crippen LogP contribution in [0.3, 0.4) is 0 Å². The van der Waals surface area contributed by atoms with Crippen LogP contribution in [0.15, 0.2) is 35.2 Å². The van der Waals surface area contributed by atoms with Crippen molar-refractivity contribution in [1.82, 2.24) is 0 Å². The number of carbonyl (C=O) groups is 1. The van der Waals surface area contributed by atoms with Crippen LogP contribution in [-0.2, 0) is 4.79 Å². The van der Waals surface area contributed by atoms with E-state index in [1.54, 1.807) is 17.5 Å². The van der Waals surface area contributed by atoms with E-state index in [9.17, 15) is 23.1 Å². The monoisotopic (exact) mass is 390 g/mol. The highest BCUT2D eigenvalue weighted by Crippen LogP contribution is 2.41. The van der Waals surface area contributed by atoms with Gasteiger partial charge in [-0.25, -0.2) is 4.79 Å². The summed E-state index contributed by atoms with van der Waals surface area (Å²) in [5.74, 6) is -1.92. The van der Waals surface area contributed by atoms with E-state index in [0.717, 1.165) is 6.08 Å². The van der Waals surface area contributed by atoms with Crippen LogP contribution in [0, 0.1) is 0 Å². The summed E-state index contributed by atoms with van der Waals surface area (Å²) in [5.41, 5.74) is -0.649. The van der Waals surface area contributed by atoms with Crippen LogP contribution >= 0.6 is 22.9 Å². The van der Waals surface area contributed by atoms with E-state index in [4.69, 9.17) is 21.4 Å². The summed E-state index contributed by atoms with van der Waals surface area (Å²) in [6.07, 6.45) is -7.73. The van der Waals surface area contributed by atoms with Crippen LogP contribution < -0.4 is 4.74 Å². The molecular formula is C16H10ClF3O4S. The summed E-state index contributed by atoms with van der Waals surface area (Å²) in [5, 5.41) is 21.2. The predicted molar refractivity (Wildman–Crippen MR) is 85.9 cm³/mol. The number of aliphatic hydroxyl groups is 1. The first-order valence-corrected chi connectivity index (χ1v) is 8.17. The minimum absolute atomic E-state index is 0.0923. The molecule has 4 nitrogen and oxygen atoms in total. The number of fused-ring (bicyclic) bond motifs is 1. The van der Waals surface area contributed by atoms with Gasteiger partial charge in [0.25, 0.3) is 0 Å². The zero-order chi connectivity index (χ0) is 18.4. The first-order chi connectivity index (χ1) is 11.7. The number of halogens is 4. The van der Waals surface area contributed by atoms with Crippen LogP contribution in [0.4, 0.5) is 13.2 Å². The van der Waals surface area contributed by atoms with E-state index in [1.165, 1.54) is 23.5 Å². The molecule has 0 fully saturated rings. The Hall–Kier alpha value is -2.03. The minimum atomic E-state index is -4.89. The van der Waals surface area contributed by atoms with E-state index < -0.39 is 29.9 Å². The quantitative estimate of drug-likeness (QED) is 0.821. The van der Waals surface area contributed by atoms with E-state index in [1.807, 2.05) is 0 Å². The van der Waals surface area contributed by atoms with Gasteiger partial charge in [0.2, 0.25) is 6.10 Å². The van der Waals surface area contributed by atoms with Gasteiger partial charge < -0.3 is 14.9 Å². The van der Waals surface area contributed by atoms with Crippen molar-refractivity contribution in [2.24, 2.45) is 0 Å². The van der Waals surface area contributed by atoms with Crippen LogP contribution in [0.2, 0.25) is 5.02 Å². The molecule has 1 aliphatic rings. The second-order valence-electron chi connectivity index (χ2n) is 5.27. The van der Waals surface area contributed by atoms with Gasteiger partial charge in [0.15, 0.2) is 0 Å². The summed E-state index contributed by atoms with van der Waals surface area (Å²) in [7, 11) is 0. The van der Waals surface area contributed by atoms with Crippen molar-refractivity contribution < 1.29 is 32.9 Å². The summed E-state index contributed by atoms with van der Waals surface area (Å²) >= 11 is 7.38. The number of carboxylic acids is 1. The van der Waals surface area contributed by atoms with Gasteiger partial charge in [-0.15, -0.1) is 11.3 Å². The second-order valence-corrected chi connectivity index (χ2v) is 6.66. The third-order valence-electron chi connectivity index (χ3n) is 3.62. The number of thiophene rings is 1. The van der Waals surface area contributed by atoms with Crippen LogP contribution in [0.5, 0.6) is 5.75 Å². The summed E-state index contributed by atoms with van der Waals surface area (Å²) in [6.45, 7) is 0. The van der Waals surface area contributed by atoms with Crippen molar-refractivity contribution in [3.63, 3.8) is 0 Å². The number of carboxylic acid groups (broad SMARTS) is 1. The number of aliphatic carboxylic acids is 1. The van der Waals surface area contributed by atoms with E-state index in [0.29, 0.717) is 4.88 Å². The average molecular weight is 391 g/mol. The Labute approximate surface area is 148 Å². The molecule has 0 spiro atoms. The number of hydrogen-bond acceptors (Lipinski definition) is 4. The Balaban J connectivity index is 2.08. The predicted octanol–water partition coefficient (Wildman–Crippen LogP) is 4.27. The van der Waals surface area contributed by atoms with Gasteiger partial charge in [0.05, 0.1) is 5.57 Å². The normalized spacial score (nSPS) is 18.1. The van der Waals surface area contributed by atoms with Gasteiger partial charge in [0, 0.05) is 21.0 Å². The largest absolute Gasteiger partial charge is 0.478 e. The third kappa shape index (κ3) is 3.37. The summed E-state index contributed by atoms with van der Waals surface area (Å²) in [6, 6.07) is 5.86. The van der Waals surface area contributed by atoms with Crippen molar-refractivity contribution in [2.75, 3.05) is 0 Å². The molecule has 2 N–H and O–H groups in total. The zero-order valence-corrected chi connectivity index (χ0v) is 13.8. The highest BCUT2D eigenvalue weighted by Gasteiger charge is 2.48. The fraction of sp³-hybridized carbons (Fsp3) is 0.188. The minimum Gasteiger partial charge on any atom is -0.478 e. The van der Waals surface area contributed by atoms with Gasteiger partial charge in [-0.3, -0.25) is 0 Å². The molecule has 2 aromatic rings. The fourth-order valence-electron chi connectivity index (χ4n) is 2.46. The van der Waals surface area contributed by atoms with Crippen molar-refractivity contribution in [2.45, 2.75) is 18.4 Å². The Morgan fingerprint density at radius 1 is 1.36 bits per heavy atom. The molecule has 1 aromatic carbocycles. The average Bonchev–Trinajstić information content (AvgIpc) is 3.05. The maximum atomic E-state index is 13.1. The van der Waals surface area contributed by atoms with Gasteiger partial charge in [-0.1, -0.05) is 17.7 Å². The van der Waals surface area contributed by atoms with E-state index in [-0.39, 0.29) is 21.9 Å². The molecule has 1 aliphatic heterocycles. The van der Waals surface area contributed by atoms with E-state index in [2.05, 4.69) is 0 Å². The number of ether oxygens (including phenoxy) is 1. The molecule has 2 atom stereocenters. The molecule has 1 aromatic heterocycles. The molecule has 3 rings (SSSR count). The van der Waals surface area contributed by atoms with Gasteiger partial charge >= 0.3 is 12.1 Å². The highest BCUT2D eigenvalue weighted by molar-refractivity contribution is 7.10. The van der Waals surface area contributed by atoms with Crippen molar-refractivity contribution in [3.8, 4) is 5.75 Å². The lowest BCUT2D eigenvalue weighted by Gasteiger charge is -2.28. The molecule has 2 unspecified atom stereocenters. The molecule has 0 saturated carbocycles. The number of rotatable bonds is 3. The van der Waals surface area contributed by atoms with Gasteiger partial charge in [-0.2, -0.15) is 13.2 Å². The maximum Gasteiger partial charge on any atom is 0.430 e. The first kappa shape index (κ1) is 17.8.